The molecule has 1 aromatic rings. The molecule has 4 N–H and O–H groups in total. The predicted molar refractivity (Wildman–Crippen MR) is 119 cm³/mol. The Bertz CT molecular complexity index is 851. The Hall–Kier alpha value is -2.92. The highest BCUT2D eigenvalue weighted by atomic mass is 15.3. The van der Waals surface area contributed by atoms with Gasteiger partial charge in [0.2, 0.25) is 0 Å². The van der Waals surface area contributed by atoms with Gasteiger partial charge in [0, 0.05) is 36.2 Å². The van der Waals surface area contributed by atoms with Crippen molar-refractivity contribution in [2.45, 2.75) is 32.7 Å². The third kappa shape index (κ3) is 5.79. The highest BCUT2D eigenvalue weighted by molar-refractivity contribution is 6.11. The zero-order chi connectivity index (χ0) is 19.9. The van der Waals surface area contributed by atoms with Crippen molar-refractivity contribution < 1.29 is 0 Å². The van der Waals surface area contributed by atoms with Gasteiger partial charge in [0.05, 0.1) is 5.71 Å². The fraction of sp³-hybridized carbons (Fsp3) is 0.304. The summed E-state index contributed by atoms with van der Waals surface area (Å²) in [7, 11) is 0. The maximum atomic E-state index is 7.70. The number of hydrogen-bond donors (Lipinski definition) is 4. The molecule has 0 bridgehead atoms. The SMILES string of the molecule is C=C/C(=C\C=C(/C)NN=C1CCC(=N)C=C1C)CNc1ccc(C2CN2)cc1. The van der Waals surface area contributed by atoms with Crippen LogP contribution >= 0.6 is 0 Å². The molecule has 5 heteroatoms. The minimum Gasteiger partial charge on any atom is -0.381 e. The summed E-state index contributed by atoms with van der Waals surface area (Å²) in [6.07, 6.45) is 9.38. The molecule has 5 nitrogen and oxygen atoms in total. The minimum absolute atomic E-state index is 0.543. The lowest BCUT2D eigenvalue weighted by molar-refractivity contribution is 0.873. The fourth-order valence-corrected chi connectivity index (χ4v) is 2.97. The molecule has 1 heterocycles. The van der Waals surface area contributed by atoms with E-state index in [-0.39, 0.29) is 0 Å². The first-order chi connectivity index (χ1) is 13.5. The molecule has 1 atom stereocenters. The standard InChI is InChI=1S/C23H29N5/c1-4-18(14-25-21-10-7-19(8-11-21)23-15-26-23)6-5-17(3)27-28-22-12-9-20(24)13-16(22)2/h4-8,10-11,13,23-27H,1,9,12,14-15H2,2-3H3/b17-5+,18-6+,24-20?,28-22?. The Morgan fingerprint density at radius 1 is 1.29 bits per heavy atom. The molecule has 3 rings (SSSR count). The van der Waals surface area contributed by atoms with E-state index in [2.05, 4.69) is 52.0 Å². The molecule has 0 aromatic heterocycles. The van der Waals surface area contributed by atoms with Gasteiger partial charge in [-0.25, -0.2) is 0 Å². The summed E-state index contributed by atoms with van der Waals surface area (Å²) in [4.78, 5) is 0. The zero-order valence-corrected chi connectivity index (χ0v) is 16.7. The van der Waals surface area contributed by atoms with Gasteiger partial charge in [-0.1, -0.05) is 30.9 Å². The Labute approximate surface area is 167 Å². The van der Waals surface area contributed by atoms with Crippen LogP contribution in [0.15, 0.2) is 77.1 Å². The summed E-state index contributed by atoms with van der Waals surface area (Å²) in [6.45, 7) is 9.70. The van der Waals surface area contributed by atoms with Crippen LogP contribution in [0.4, 0.5) is 5.69 Å². The lowest BCUT2D eigenvalue weighted by atomic mass is 9.97. The molecule has 0 saturated carbocycles. The Kier molecular flexibility index (Phi) is 6.61. The van der Waals surface area contributed by atoms with Gasteiger partial charge in [0.25, 0.3) is 0 Å². The van der Waals surface area contributed by atoms with Crippen molar-refractivity contribution in [3.8, 4) is 0 Å². The van der Waals surface area contributed by atoms with E-state index in [0.29, 0.717) is 18.3 Å². The maximum absolute atomic E-state index is 7.70. The van der Waals surface area contributed by atoms with Crippen LogP contribution in [0.3, 0.4) is 0 Å². The van der Waals surface area contributed by atoms with Gasteiger partial charge in [-0.2, -0.15) is 5.10 Å². The molecule has 0 spiro atoms. The lowest BCUT2D eigenvalue weighted by Gasteiger charge is -2.13. The van der Waals surface area contributed by atoms with E-state index >= 15 is 0 Å². The first-order valence-electron chi connectivity index (χ1n) is 9.71. The van der Waals surface area contributed by atoms with Crippen molar-refractivity contribution in [3.05, 3.63) is 77.6 Å². The average molecular weight is 376 g/mol. The number of nitrogens with one attached hydrogen (secondary N) is 4. The molecule has 146 valence electrons. The van der Waals surface area contributed by atoms with E-state index in [1.54, 1.807) is 0 Å². The molecular weight excluding hydrogens is 346 g/mol. The fourth-order valence-electron chi connectivity index (χ4n) is 2.97. The number of hydrazone groups is 1. The third-order valence-corrected chi connectivity index (χ3v) is 4.87. The van der Waals surface area contributed by atoms with Gasteiger partial charge in [-0.3, -0.25) is 5.43 Å². The number of anilines is 1. The van der Waals surface area contributed by atoms with Crippen LogP contribution < -0.4 is 16.1 Å². The van der Waals surface area contributed by atoms with Crippen LogP contribution in [0.25, 0.3) is 0 Å². The van der Waals surface area contributed by atoms with Gasteiger partial charge in [-0.05, 0) is 67.7 Å². The van der Waals surface area contributed by atoms with Crippen LogP contribution in [-0.4, -0.2) is 24.5 Å². The number of allylic oxidation sites excluding steroid dienone is 5. The van der Waals surface area contributed by atoms with E-state index < -0.39 is 0 Å². The summed E-state index contributed by atoms with van der Waals surface area (Å²) in [6, 6.07) is 9.12. The topological polar surface area (TPSA) is 82.2 Å². The summed E-state index contributed by atoms with van der Waals surface area (Å²) >= 11 is 0. The normalized spacial score (nSPS) is 21.4. The van der Waals surface area contributed by atoms with Crippen LogP contribution in [-0.2, 0) is 0 Å². The van der Waals surface area contributed by atoms with Crippen molar-refractivity contribution in [3.63, 3.8) is 0 Å². The molecule has 1 aliphatic heterocycles. The molecule has 28 heavy (non-hydrogen) atoms. The van der Waals surface area contributed by atoms with Crippen LogP contribution in [0.2, 0.25) is 0 Å². The molecule has 2 aliphatic rings. The van der Waals surface area contributed by atoms with Crippen LogP contribution in [0.1, 0.15) is 38.3 Å². The van der Waals surface area contributed by atoms with Gasteiger partial charge in [-0.15, -0.1) is 0 Å². The molecule has 1 aromatic carbocycles. The van der Waals surface area contributed by atoms with E-state index in [1.165, 1.54) is 5.56 Å². The van der Waals surface area contributed by atoms with Crippen molar-refractivity contribution >= 4 is 17.1 Å². The molecular formula is C23H29N5. The minimum atomic E-state index is 0.543. The predicted octanol–water partition coefficient (Wildman–Crippen LogP) is 4.46. The highest BCUT2D eigenvalue weighted by Gasteiger charge is 2.21. The van der Waals surface area contributed by atoms with Gasteiger partial charge < -0.3 is 16.0 Å². The van der Waals surface area contributed by atoms with E-state index in [0.717, 1.165) is 47.6 Å². The lowest BCUT2D eigenvalue weighted by Crippen LogP contribution is -2.15. The first kappa shape index (κ1) is 19.8. The Balaban J connectivity index is 1.53. The van der Waals surface area contributed by atoms with Gasteiger partial charge >= 0.3 is 0 Å². The van der Waals surface area contributed by atoms with Crippen LogP contribution in [0.5, 0.6) is 0 Å². The molecule has 0 amide bonds. The summed E-state index contributed by atoms with van der Waals surface area (Å²) in [5, 5.41) is 18.9. The second-order valence-electron chi connectivity index (χ2n) is 7.25. The van der Waals surface area contributed by atoms with Gasteiger partial charge in [0.1, 0.15) is 0 Å². The zero-order valence-electron chi connectivity index (χ0n) is 16.7. The first-order valence-corrected chi connectivity index (χ1v) is 9.71. The number of nitrogens with zero attached hydrogens (tertiary/aromatic N) is 1. The largest absolute Gasteiger partial charge is 0.381 e. The second kappa shape index (κ2) is 9.33. The average Bonchev–Trinajstić information content (AvgIpc) is 3.53. The van der Waals surface area contributed by atoms with E-state index in [1.807, 2.05) is 38.2 Å². The monoisotopic (exact) mass is 375 g/mol. The smallest absolute Gasteiger partial charge is 0.0640 e. The van der Waals surface area contributed by atoms with Crippen molar-refractivity contribution in [1.29, 1.82) is 5.41 Å². The number of benzene rings is 1. The van der Waals surface area contributed by atoms with E-state index in [4.69, 9.17) is 5.41 Å². The Morgan fingerprint density at radius 3 is 2.68 bits per heavy atom. The van der Waals surface area contributed by atoms with E-state index in [9.17, 15) is 0 Å². The summed E-state index contributed by atoms with van der Waals surface area (Å²) < 4.78 is 0. The number of hydrogen-bond acceptors (Lipinski definition) is 5. The Morgan fingerprint density at radius 2 is 2.04 bits per heavy atom. The van der Waals surface area contributed by atoms with Crippen LogP contribution in [0, 0.1) is 5.41 Å². The second-order valence-corrected chi connectivity index (χ2v) is 7.25. The third-order valence-electron chi connectivity index (χ3n) is 4.87. The number of rotatable bonds is 8. The van der Waals surface area contributed by atoms with Crippen molar-refractivity contribution in [1.82, 2.24) is 10.7 Å². The summed E-state index contributed by atoms with van der Waals surface area (Å²) in [5.41, 5.74) is 10.4. The molecule has 1 fully saturated rings. The molecule has 1 unspecified atom stereocenters. The summed E-state index contributed by atoms with van der Waals surface area (Å²) in [5.74, 6) is 0. The molecule has 0 radical (unpaired) electrons. The van der Waals surface area contributed by atoms with Gasteiger partial charge in [0.15, 0.2) is 0 Å². The van der Waals surface area contributed by atoms with Crippen molar-refractivity contribution in [2.75, 3.05) is 18.4 Å². The maximum Gasteiger partial charge on any atom is 0.0640 e. The molecule has 1 aliphatic carbocycles. The highest BCUT2D eigenvalue weighted by Crippen LogP contribution is 2.22. The quantitative estimate of drug-likeness (QED) is 0.307. The molecule has 1 saturated heterocycles. The van der Waals surface area contributed by atoms with Crippen molar-refractivity contribution in [2.24, 2.45) is 5.10 Å².